The highest BCUT2D eigenvalue weighted by Gasteiger charge is 2.10. The van der Waals surface area contributed by atoms with Crippen molar-refractivity contribution in [1.82, 2.24) is 10.3 Å². The van der Waals surface area contributed by atoms with Crippen molar-refractivity contribution in [3.8, 4) is 0 Å². The predicted octanol–water partition coefficient (Wildman–Crippen LogP) is 2.70. The molecule has 0 saturated carbocycles. The van der Waals surface area contributed by atoms with Crippen molar-refractivity contribution in [3.05, 3.63) is 65.5 Å². The van der Waals surface area contributed by atoms with E-state index >= 15 is 0 Å². The Morgan fingerprint density at radius 2 is 1.50 bits per heavy atom. The Balaban J connectivity index is 2.33. The topological polar surface area (TPSA) is 24.9 Å². The lowest BCUT2D eigenvalue weighted by Crippen LogP contribution is -2.17. The van der Waals surface area contributed by atoms with Crippen LogP contribution in [0, 0.1) is 6.92 Å². The van der Waals surface area contributed by atoms with Gasteiger partial charge in [-0.25, -0.2) is 0 Å². The minimum atomic E-state index is 0.239. The Kier molecular flexibility index (Phi) is 3.32. The fourth-order valence-electron chi connectivity index (χ4n) is 1.84. The van der Waals surface area contributed by atoms with Gasteiger partial charge in [-0.1, -0.05) is 29.8 Å². The zero-order valence-electron chi connectivity index (χ0n) is 9.64. The lowest BCUT2D eigenvalue weighted by atomic mass is 9.99. The maximum Gasteiger partial charge on any atom is 0.0575 e. The number of aromatic nitrogens is 1. The van der Waals surface area contributed by atoms with Crippen molar-refractivity contribution >= 4 is 0 Å². The first-order valence-electron chi connectivity index (χ1n) is 5.45. The van der Waals surface area contributed by atoms with E-state index in [-0.39, 0.29) is 6.04 Å². The molecule has 0 saturated heterocycles. The molecular formula is C14H16N2. The zero-order valence-corrected chi connectivity index (χ0v) is 9.64. The molecule has 0 aliphatic carbocycles. The predicted molar refractivity (Wildman–Crippen MR) is 66.3 cm³/mol. The molecule has 1 atom stereocenters. The summed E-state index contributed by atoms with van der Waals surface area (Å²) in [5.41, 5.74) is 3.80. The zero-order chi connectivity index (χ0) is 11.4. The van der Waals surface area contributed by atoms with Crippen LogP contribution in [0.15, 0.2) is 48.8 Å². The molecule has 1 N–H and O–H groups in total. The van der Waals surface area contributed by atoms with E-state index in [1.807, 2.05) is 31.6 Å². The number of rotatable bonds is 3. The smallest absolute Gasteiger partial charge is 0.0575 e. The molecular weight excluding hydrogens is 196 g/mol. The summed E-state index contributed by atoms with van der Waals surface area (Å²) in [6.45, 7) is 2.10. The van der Waals surface area contributed by atoms with E-state index in [1.165, 1.54) is 16.7 Å². The maximum atomic E-state index is 4.04. The molecule has 1 aromatic carbocycles. The molecule has 0 spiro atoms. The molecule has 2 rings (SSSR count). The molecule has 2 heteroatoms. The number of hydrogen-bond donors (Lipinski definition) is 1. The highest BCUT2D eigenvalue weighted by atomic mass is 14.9. The van der Waals surface area contributed by atoms with Gasteiger partial charge in [0.05, 0.1) is 6.04 Å². The van der Waals surface area contributed by atoms with Gasteiger partial charge < -0.3 is 5.32 Å². The molecule has 0 bridgehead atoms. The average molecular weight is 212 g/mol. The van der Waals surface area contributed by atoms with Gasteiger partial charge in [0.1, 0.15) is 0 Å². The Bertz CT molecular complexity index is 434. The summed E-state index contributed by atoms with van der Waals surface area (Å²) in [5.74, 6) is 0. The van der Waals surface area contributed by atoms with Crippen LogP contribution in [0.3, 0.4) is 0 Å². The first-order valence-corrected chi connectivity index (χ1v) is 5.45. The van der Waals surface area contributed by atoms with E-state index in [2.05, 4.69) is 41.5 Å². The standard InChI is InChI=1S/C14H16N2/c1-11-3-5-12(6-4-11)14(15-2)13-7-9-16-10-8-13/h3-10,14-15H,1-2H3/t14-/m1/s1. The van der Waals surface area contributed by atoms with Crippen molar-refractivity contribution in [1.29, 1.82) is 0 Å². The van der Waals surface area contributed by atoms with E-state index in [9.17, 15) is 0 Å². The third kappa shape index (κ3) is 2.28. The van der Waals surface area contributed by atoms with Crippen LogP contribution in [0.5, 0.6) is 0 Å². The van der Waals surface area contributed by atoms with Gasteiger partial charge in [0, 0.05) is 12.4 Å². The van der Waals surface area contributed by atoms with Crippen molar-refractivity contribution < 1.29 is 0 Å². The third-order valence-electron chi connectivity index (χ3n) is 2.74. The van der Waals surface area contributed by atoms with Gasteiger partial charge in [0.2, 0.25) is 0 Å². The van der Waals surface area contributed by atoms with Crippen LogP contribution in [-0.2, 0) is 0 Å². The van der Waals surface area contributed by atoms with E-state index in [0.717, 1.165) is 0 Å². The summed E-state index contributed by atoms with van der Waals surface area (Å²) >= 11 is 0. The lowest BCUT2D eigenvalue weighted by molar-refractivity contribution is 0.690. The molecule has 0 radical (unpaired) electrons. The number of nitrogens with one attached hydrogen (secondary N) is 1. The molecule has 1 aromatic heterocycles. The summed E-state index contributed by atoms with van der Waals surface area (Å²) in [4.78, 5) is 4.04. The van der Waals surface area contributed by atoms with Gasteiger partial charge >= 0.3 is 0 Å². The van der Waals surface area contributed by atoms with E-state index in [4.69, 9.17) is 0 Å². The van der Waals surface area contributed by atoms with Gasteiger partial charge in [-0.15, -0.1) is 0 Å². The average Bonchev–Trinajstić information content (AvgIpc) is 2.34. The second kappa shape index (κ2) is 4.90. The van der Waals surface area contributed by atoms with Crippen molar-refractivity contribution in [2.24, 2.45) is 0 Å². The minimum Gasteiger partial charge on any atom is -0.309 e. The maximum absolute atomic E-state index is 4.04. The summed E-state index contributed by atoms with van der Waals surface area (Å²) < 4.78 is 0. The van der Waals surface area contributed by atoms with Crippen LogP contribution in [0.2, 0.25) is 0 Å². The summed E-state index contributed by atoms with van der Waals surface area (Å²) in [5, 5.41) is 3.33. The number of nitrogens with zero attached hydrogens (tertiary/aromatic N) is 1. The number of aryl methyl sites for hydroxylation is 1. The summed E-state index contributed by atoms with van der Waals surface area (Å²) in [6, 6.07) is 12.9. The molecule has 2 nitrogen and oxygen atoms in total. The Labute approximate surface area is 96.4 Å². The quantitative estimate of drug-likeness (QED) is 0.846. The van der Waals surface area contributed by atoms with Crippen LogP contribution in [0.4, 0.5) is 0 Å². The molecule has 2 aromatic rings. The number of benzene rings is 1. The van der Waals surface area contributed by atoms with Gasteiger partial charge in [0.25, 0.3) is 0 Å². The number of hydrogen-bond acceptors (Lipinski definition) is 2. The summed E-state index contributed by atoms with van der Waals surface area (Å²) in [7, 11) is 1.98. The second-order valence-electron chi connectivity index (χ2n) is 3.91. The van der Waals surface area contributed by atoms with Gasteiger partial charge in [0.15, 0.2) is 0 Å². The van der Waals surface area contributed by atoms with Crippen LogP contribution >= 0.6 is 0 Å². The Morgan fingerprint density at radius 3 is 2.06 bits per heavy atom. The van der Waals surface area contributed by atoms with Gasteiger partial charge in [-0.05, 0) is 37.2 Å². The van der Waals surface area contributed by atoms with Crippen LogP contribution in [-0.4, -0.2) is 12.0 Å². The van der Waals surface area contributed by atoms with Gasteiger partial charge in [-0.2, -0.15) is 0 Å². The van der Waals surface area contributed by atoms with Crippen LogP contribution in [0.25, 0.3) is 0 Å². The molecule has 0 fully saturated rings. The molecule has 0 amide bonds. The van der Waals surface area contributed by atoms with Crippen molar-refractivity contribution in [2.45, 2.75) is 13.0 Å². The molecule has 0 aliphatic rings. The number of pyridine rings is 1. The normalized spacial score (nSPS) is 12.4. The highest BCUT2D eigenvalue weighted by Crippen LogP contribution is 2.21. The van der Waals surface area contributed by atoms with Crippen LogP contribution in [0.1, 0.15) is 22.7 Å². The molecule has 16 heavy (non-hydrogen) atoms. The molecule has 0 unspecified atom stereocenters. The van der Waals surface area contributed by atoms with Crippen molar-refractivity contribution in [3.63, 3.8) is 0 Å². The Morgan fingerprint density at radius 1 is 0.938 bits per heavy atom. The van der Waals surface area contributed by atoms with Gasteiger partial charge in [-0.3, -0.25) is 4.98 Å². The van der Waals surface area contributed by atoms with E-state index in [0.29, 0.717) is 0 Å². The third-order valence-corrected chi connectivity index (χ3v) is 2.74. The highest BCUT2D eigenvalue weighted by molar-refractivity contribution is 5.32. The SMILES string of the molecule is CN[C@@H](c1ccncc1)c1ccc(C)cc1. The Hall–Kier alpha value is -1.67. The van der Waals surface area contributed by atoms with E-state index < -0.39 is 0 Å². The minimum absolute atomic E-state index is 0.239. The lowest BCUT2D eigenvalue weighted by Gasteiger charge is -2.17. The first kappa shape index (κ1) is 10.8. The molecule has 0 aliphatic heterocycles. The second-order valence-corrected chi connectivity index (χ2v) is 3.91. The summed E-state index contributed by atoms with van der Waals surface area (Å²) in [6.07, 6.45) is 3.65. The van der Waals surface area contributed by atoms with E-state index in [1.54, 1.807) is 0 Å². The van der Waals surface area contributed by atoms with Crippen molar-refractivity contribution in [2.75, 3.05) is 7.05 Å². The fourth-order valence-corrected chi connectivity index (χ4v) is 1.84. The molecule has 82 valence electrons. The fraction of sp³-hybridized carbons (Fsp3) is 0.214. The molecule has 1 heterocycles. The van der Waals surface area contributed by atoms with Crippen LogP contribution < -0.4 is 5.32 Å². The first-order chi connectivity index (χ1) is 7.81. The monoisotopic (exact) mass is 212 g/mol. The largest absolute Gasteiger partial charge is 0.309 e.